The largest absolute Gasteiger partial charge is 0.497 e. The Morgan fingerprint density at radius 3 is 1.71 bits per heavy atom. The van der Waals surface area contributed by atoms with Gasteiger partial charge in [-0.05, 0) is 46.5 Å². The van der Waals surface area contributed by atoms with Crippen molar-refractivity contribution < 1.29 is 14.3 Å². The number of fused-ring (bicyclic) bond motifs is 2. The van der Waals surface area contributed by atoms with E-state index in [1.165, 1.54) is 0 Å². The minimum atomic E-state index is -0.276. The van der Waals surface area contributed by atoms with Crippen LogP contribution in [0.2, 0.25) is 0 Å². The first-order valence-corrected chi connectivity index (χ1v) is 6.76. The van der Waals surface area contributed by atoms with Gasteiger partial charge in [-0.15, -0.1) is 0 Å². The maximum absolute atomic E-state index is 11.7. The third-order valence-electron chi connectivity index (χ3n) is 3.84. The number of ether oxygens (including phenoxy) is 2. The first kappa shape index (κ1) is 13.4. The summed E-state index contributed by atoms with van der Waals surface area (Å²) in [5.41, 5.74) is 3.99. The predicted octanol–water partition coefficient (Wildman–Crippen LogP) is 3.52. The molecule has 1 aliphatic rings. The Morgan fingerprint density at radius 1 is 0.857 bits per heavy atom. The van der Waals surface area contributed by atoms with Crippen LogP contribution < -0.4 is 9.47 Å². The topological polar surface area (TPSA) is 35.5 Å². The molecule has 0 N–H and O–H groups in total. The van der Waals surface area contributed by atoms with Gasteiger partial charge in [-0.1, -0.05) is 24.3 Å². The number of carbonyl (C=O) groups excluding carboxylic acids is 1. The minimum Gasteiger partial charge on any atom is -0.497 e. The summed E-state index contributed by atoms with van der Waals surface area (Å²) in [7, 11) is 3.28. The quantitative estimate of drug-likeness (QED) is 0.807. The zero-order chi connectivity index (χ0) is 14.8. The molecule has 0 aromatic heterocycles. The minimum absolute atomic E-state index is 0.276. The van der Waals surface area contributed by atoms with E-state index < -0.39 is 0 Å². The smallest absolute Gasteiger partial charge is 0.131 e. The van der Waals surface area contributed by atoms with Crippen LogP contribution in [0, 0.1) is 0 Å². The second kappa shape index (κ2) is 5.44. The summed E-state index contributed by atoms with van der Waals surface area (Å²) in [6.45, 7) is 0. The molecule has 0 spiro atoms. The predicted molar refractivity (Wildman–Crippen MR) is 82.8 cm³/mol. The van der Waals surface area contributed by atoms with Crippen molar-refractivity contribution in [2.45, 2.75) is 5.92 Å². The molecule has 3 nitrogen and oxygen atoms in total. The fraction of sp³-hybridized carbons (Fsp3) is 0.167. The molecule has 0 heterocycles. The van der Waals surface area contributed by atoms with Gasteiger partial charge in [0.2, 0.25) is 0 Å². The second-order valence-electron chi connectivity index (χ2n) is 4.94. The summed E-state index contributed by atoms with van der Waals surface area (Å²) in [4.78, 5) is 11.7. The molecule has 0 saturated heterocycles. The highest BCUT2D eigenvalue weighted by Gasteiger charge is 2.21. The third kappa shape index (κ3) is 2.31. The molecule has 3 rings (SSSR count). The first-order chi connectivity index (χ1) is 10.3. The highest BCUT2D eigenvalue weighted by Crippen LogP contribution is 2.36. The molecule has 2 aromatic carbocycles. The fourth-order valence-electron chi connectivity index (χ4n) is 2.71. The van der Waals surface area contributed by atoms with Crippen molar-refractivity contribution in [2.24, 2.45) is 0 Å². The third-order valence-corrected chi connectivity index (χ3v) is 3.84. The molecule has 0 saturated carbocycles. The Labute approximate surface area is 123 Å². The lowest BCUT2D eigenvalue weighted by atomic mass is 9.88. The lowest BCUT2D eigenvalue weighted by molar-refractivity contribution is -0.108. The molecular formula is C18H16O3. The summed E-state index contributed by atoms with van der Waals surface area (Å²) in [6, 6.07) is 11.6. The molecule has 21 heavy (non-hydrogen) atoms. The Hall–Kier alpha value is -2.55. The number of hydrogen-bond donors (Lipinski definition) is 0. The fourth-order valence-corrected chi connectivity index (χ4v) is 2.71. The van der Waals surface area contributed by atoms with E-state index in [2.05, 4.69) is 0 Å². The Balaban J connectivity index is 2.19. The highest BCUT2D eigenvalue weighted by atomic mass is 16.5. The van der Waals surface area contributed by atoms with Crippen LogP contribution in [-0.2, 0) is 4.79 Å². The maximum Gasteiger partial charge on any atom is 0.131 e. The molecule has 0 radical (unpaired) electrons. The van der Waals surface area contributed by atoms with Crippen molar-refractivity contribution in [3.8, 4) is 11.5 Å². The van der Waals surface area contributed by atoms with Crippen molar-refractivity contribution in [3.05, 3.63) is 58.7 Å². The van der Waals surface area contributed by atoms with E-state index in [1.54, 1.807) is 14.2 Å². The molecule has 0 atom stereocenters. The highest BCUT2D eigenvalue weighted by molar-refractivity contribution is 5.83. The molecule has 0 fully saturated rings. The van der Waals surface area contributed by atoms with Gasteiger partial charge in [0.25, 0.3) is 0 Å². The van der Waals surface area contributed by atoms with E-state index >= 15 is 0 Å². The Bertz CT molecular complexity index is 659. The van der Waals surface area contributed by atoms with E-state index in [0.717, 1.165) is 40.0 Å². The number of methoxy groups -OCH3 is 2. The van der Waals surface area contributed by atoms with Crippen LogP contribution in [0.5, 0.6) is 11.5 Å². The van der Waals surface area contributed by atoms with Crippen LogP contribution in [0.4, 0.5) is 0 Å². The Kier molecular flexibility index (Phi) is 3.48. The second-order valence-corrected chi connectivity index (χ2v) is 4.94. The zero-order valence-corrected chi connectivity index (χ0v) is 12.0. The molecule has 0 bridgehead atoms. The van der Waals surface area contributed by atoms with Crippen molar-refractivity contribution in [3.63, 3.8) is 0 Å². The van der Waals surface area contributed by atoms with E-state index in [9.17, 15) is 4.79 Å². The van der Waals surface area contributed by atoms with Crippen molar-refractivity contribution >= 4 is 18.4 Å². The number of benzene rings is 2. The molecule has 0 unspecified atom stereocenters. The SMILES string of the molecule is COc1ccc2c(c1)C=Cc1cc(OC)ccc1C2C=O. The van der Waals surface area contributed by atoms with Crippen molar-refractivity contribution in [1.29, 1.82) is 0 Å². The summed E-state index contributed by atoms with van der Waals surface area (Å²) < 4.78 is 10.5. The van der Waals surface area contributed by atoms with Crippen LogP contribution in [0.1, 0.15) is 28.2 Å². The molecular weight excluding hydrogens is 264 g/mol. The zero-order valence-electron chi connectivity index (χ0n) is 12.0. The monoisotopic (exact) mass is 280 g/mol. The molecule has 2 aromatic rings. The summed E-state index contributed by atoms with van der Waals surface area (Å²) in [5, 5.41) is 0. The summed E-state index contributed by atoms with van der Waals surface area (Å²) in [5.74, 6) is 1.29. The molecule has 106 valence electrons. The van der Waals surface area contributed by atoms with Gasteiger partial charge >= 0.3 is 0 Å². The Morgan fingerprint density at radius 2 is 1.33 bits per heavy atom. The lowest BCUT2D eigenvalue weighted by Crippen LogP contribution is -2.05. The van der Waals surface area contributed by atoms with Crippen LogP contribution in [0.25, 0.3) is 12.2 Å². The van der Waals surface area contributed by atoms with Gasteiger partial charge in [-0.3, -0.25) is 0 Å². The maximum atomic E-state index is 11.7. The van der Waals surface area contributed by atoms with Gasteiger partial charge in [0, 0.05) is 0 Å². The molecule has 1 aliphatic carbocycles. The van der Waals surface area contributed by atoms with Gasteiger partial charge in [0.15, 0.2) is 0 Å². The van der Waals surface area contributed by atoms with Gasteiger partial charge in [-0.25, -0.2) is 0 Å². The summed E-state index contributed by atoms with van der Waals surface area (Å²) >= 11 is 0. The van der Waals surface area contributed by atoms with Crippen molar-refractivity contribution in [2.75, 3.05) is 14.2 Å². The van der Waals surface area contributed by atoms with E-state index in [4.69, 9.17) is 9.47 Å². The van der Waals surface area contributed by atoms with Crippen LogP contribution in [0.15, 0.2) is 36.4 Å². The van der Waals surface area contributed by atoms with E-state index in [-0.39, 0.29) is 5.92 Å². The number of carbonyl (C=O) groups is 1. The average Bonchev–Trinajstić information content (AvgIpc) is 2.69. The van der Waals surface area contributed by atoms with E-state index in [1.807, 2.05) is 48.6 Å². The molecule has 3 heteroatoms. The first-order valence-electron chi connectivity index (χ1n) is 6.76. The lowest BCUT2D eigenvalue weighted by Gasteiger charge is -2.15. The normalized spacial score (nSPS) is 13.0. The van der Waals surface area contributed by atoms with Crippen LogP contribution in [-0.4, -0.2) is 20.5 Å². The molecule has 0 amide bonds. The molecule has 0 aliphatic heterocycles. The van der Waals surface area contributed by atoms with E-state index in [0.29, 0.717) is 0 Å². The average molecular weight is 280 g/mol. The number of rotatable bonds is 3. The van der Waals surface area contributed by atoms with Crippen LogP contribution >= 0.6 is 0 Å². The van der Waals surface area contributed by atoms with Gasteiger partial charge in [-0.2, -0.15) is 0 Å². The number of hydrogen-bond acceptors (Lipinski definition) is 3. The van der Waals surface area contributed by atoms with Gasteiger partial charge in [0.1, 0.15) is 17.8 Å². The summed E-state index contributed by atoms with van der Waals surface area (Å²) in [6.07, 6.45) is 5.02. The van der Waals surface area contributed by atoms with Crippen molar-refractivity contribution in [1.82, 2.24) is 0 Å². The van der Waals surface area contributed by atoms with Crippen LogP contribution in [0.3, 0.4) is 0 Å². The van der Waals surface area contributed by atoms with Gasteiger partial charge in [0.05, 0.1) is 20.1 Å². The standard InChI is InChI=1S/C18H16O3/c1-20-14-5-7-16-12(9-14)3-4-13-10-15(21-2)6-8-17(13)18(16)11-19/h3-11,18H,1-2H3. The van der Waals surface area contributed by atoms with Gasteiger partial charge < -0.3 is 14.3 Å². The number of aldehydes is 1.